The van der Waals surface area contributed by atoms with Gasteiger partial charge >= 0.3 is 0 Å². The lowest BCUT2D eigenvalue weighted by Crippen LogP contribution is -2.27. The summed E-state index contributed by atoms with van der Waals surface area (Å²) in [6.45, 7) is 3.30. The Kier molecular flexibility index (Phi) is 4.02. The number of rotatable bonds is 4. The average Bonchev–Trinajstić information content (AvgIpc) is 2.63. The number of anilines is 1. The van der Waals surface area contributed by atoms with Gasteiger partial charge in [0.15, 0.2) is 5.82 Å². The Balaban J connectivity index is 2.31. The fourth-order valence-corrected chi connectivity index (χ4v) is 3.61. The molecule has 114 valence electrons. The summed E-state index contributed by atoms with van der Waals surface area (Å²) in [5, 5.41) is 3.89. The number of benzene rings is 1. The van der Waals surface area contributed by atoms with E-state index in [2.05, 4.69) is 9.82 Å². The predicted octanol–water partition coefficient (Wildman–Crippen LogP) is 1.49. The lowest BCUT2D eigenvalue weighted by Gasteiger charge is -2.14. The first-order valence-corrected chi connectivity index (χ1v) is 7.77. The molecule has 21 heavy (non-hydrogen) atoms. The maximum absolute atomic E-state index is 12.9. The van der Waals surface area contributed by atoms with Gasteiger partial charge < -0.3 is 5.73 Å². The van der Waals surface area contributed by atoms with E-state index in [1.54, 1.807) is 20.9 Å². The molecule has 2 rings (SSSR count). The Morgan fingerprint density at radius 1 is 1.33 bits per heavy atom. The van der Waals surface area contributed by atoms with E-state index < -0.39 is 16.1 Å². The molecule has 1 unspecified atom stereocenters. The molecule has 0 spiro atoms. The number of aryl methyl sites for hydroxylation is 1. The molecule has 1 atom stereocenters. The first-order valence-electron chi connectivity index (χ1n) is 6.29. The maximum Gasteiger partial charge on any atom is 0.246 e. The van der Waals surface area contributed by atoms with Crippen LogP contribution in [0.15, 0.2) is 29.2 Å². The third-order valence-corrected chi connectivity index (χ3v) is 4.98. The van der Waals surface area contributed by atoms with Crippen molar-refractivity contribution in [1.29, 1.82) is 0 Å². The molecule has 0 radical (unpaired) electrons. The third-order valence-electron chi connectivity index (χ3n) is 3.28. The Morgan fingerprint density at radius 3 is 2.38 bits per heavy atom. The fraction of sp³-hybridized carbons (Fsp3) is 0.308. The Hall–Kier alpha value is -1.93. The van der Waals surface area contributed by atoms with Crippen molar-refractivity contribution in [2.45, 2.75) is 24.8 Å². The number of nitrogens with one attached hydrogen (secondary N) is 1. The second kappa shape index (κ2) is 5.45. The van der Waals surface area contributed by atoms with E-state index in [4.69, 9.17) is 5.73 Å². The quantitative estimate of drug-likeness (QED) is 0.895. The summed E-state index contributed by atoms with van der Waals surface area (Å²) in [4.78, 5) is -0.0287. The molecule has 1 aromatic carbocycles. The average molecular weight is 312 g/mol. The largest absolute Gasteiger partial charge is 0.381 e. The van der Waals surface area contributed by atoms with Gasteiger partial charge in [0.25, 0.3) is 0 Å². The SMILES string of the molecule is Cc1c(S(=O)(=O)NC(C)c2ccc(F)cc2)c(N)nn1C. The first-order chi connectivity index (χ1) is 9.72. The lowest BCUT2D eigenvalue weighted by molar-refractivity contribution is 0.565. The van der Waals surface area contributed by atoms with Gasteiger partial charge in [-0.15, -0.1) is 0 Å². The molecule has 0 aliphatic heterocycles. The zero-order chi connectivity index (χ0) is 15.8. The van der Waals surface area contributed by atoms with Gasteiger partial charge in [-0.05, 0) is 31.5 Å². The molecule has 6 nitrogen and oxygen atoms in total. The maximum atomic E-state index is 12.9. The molecule has 0 aliphatic carbocycles. The number of aromatic nitrogens is 2. The molecule has 3 N–H and O–H groups in total. The van der Waals surface area contributed by atoms with Crippen LogP contribution >= 0.6 is 0 Å². The van der Waals surface area contributed by atoms with Crippen molar-refractivity contribution in [3.05, 3.63) is 41.3 Å². The zero-order valence-electron chi connectivity index (χ0n) is 12.0. The molecule has 1 heterocycles. The van der Waals surface area contributed by atoms with Gasteiger partial charge in [0.05, 0.1) is 5.69 Å². The minimum Gasteiger partial charge on any atom is -0.381 e. The summed E-state index contributed by atoms with van der Waals surface area (Å²) in [6, 6.07) is 5.10. The normalized spacial score (nSPS) is 13.3. The second-order valence-corrected chi connectivity index (χ2v) is 6.47. The summed E-state index contributed by atoms with van der Waals surface area (Å²) in [6.07, 6.45) is 0. The summed E-state index contributed by atoms with van der Waals surface area (Å²) in [5.41, 5.74) is 6.77. The zero-order valence-corrected chi connectivity index (χ0v) is 12.8. The van der Waals surface area contributed by atoms with Crippen molar-refractivity contribution in [3.8, 4) is 0 Å². The summed E-state index contributed by atoms with van der Waals surface area (Å²) >= 11 is 0. The lowest BCUT2D eigenvalue weighted by atomic mass is 10.1. The van der Waals surface area contributed by atoms with Crippen LogP contribution in [0, 0.1) is 12.7 Å². The van der Waals surface area contributed by atoms with Gasteiger partial charge in [-0.1, -0.05) is 12.1 Å². The standard InChI is InChI=1S/C13H17FN4O2S/c1-8(10-4-6-11(14)7-5-10)17-21(19,20)12-9(2)18(3)16-13(12)15/h4-8,17H,1-3H3,(H2,15,16). The number of nitrogens with zero attached hydrogens (tertiary/aromatic N) is 2. The molecular formula is C13H17FN4O2S. The second-order valence-electron chi connectivity index (χ2n) is 4.82. The minimum atomic E-state index is -3.81. The Labute approximate surface area is 122 Å². The van der Waals surface area contributed by atoms with Gasteiger partial charge in [0.2, 0.25) is 10.0 Å². The Bertz CT molecular complexity index is 753. The van der Waals surface area contributed by atoms with E-state index in [1.807, 2.05) is 0 Å². The molecule has 0 amide bonds. The van der Waals surface area contributed by atoms with Crippen molar-refractivity contribution in [1.82, 2.24) is 14.5 Å². The van der Waals surface area contributed by atoms with Gasteiger partial charge in [0.1, 0.15) is 10.7 Å². The van der Waals surface area contributed by atoms with Gasteiger partial charge in [-0.25, -0.2) is 17.5 Å². The molecule has 0 aliphatic rings. The van der Waals surface area contributed by atoms with Crippen molar-refractivity contribution >= 4 is 15.8 Å². The van der Waals surface area contributed by atoms with Crippen molar-refractivity contribution < 1.29 is 12.8 Å². The van der Waals surface area contributed by atoms with Crippen molar-refractivity contribution in [2.75, 3.05) is 5.73 Å². The highest BCUT2D eigenvalue weighted by atomic mass is 32.2. The molecule has 0 saturated heterocycles. The van der Waals surface area contributed by atoms with E-state index >= 15 is 0 Å². The van der Waals surface area contributed by atoms with Gasteiger partial charge in [-0.2, -0.15) is 5.10 Å². The smallest absolute Gasteiger partial charge is 0.246 e. The summed E-state index contributed by atoms with van der Waals surface area (Å²) in [7, 11) is -2.19. The molecule has 8 heteroatoms. The van der Waals surface area contributed by atoms with Crippen LogP contribution in [0.5, 0.6) is 0 Å². The molecule has 0 fully saturated rings. The van der Waals surface area contributed by atoms with E-state index in [-0.39, 0.29) is 16.5 Å². The highest BCUT2D eigenvalue weighted by Crippen LogP contribution is 2.23. The fourth-order valence-electron chi connectivity index (χ4n) is 2.06. The van der Waals surface area contributed by atoms with Crippen LogP contribution in [0.25, 0.3) is 0 Å². The molecular weight excluding hydrogens is 295 g/mol. The number of nitrogens with two attached hydrogens (primary N) is 1. The monoisotopic (exact) mass is 312 g/mol. The number of hydrogen-bond acceptors (Lipinski definition) is 4. The number of sulfonamides is 1. The number of halogens is 1. The van der Waals surface area contributed by atoms with Crippen LogP contribution in [0.3, 0.4) is 0 Å². The summed E-state index contributed by atoms with van der Waals surface area (Å²) in [5.74, 6) is -0.421. The van der Waals surface area contributed by atoms with Crippen LogP contribution in [0.1, 0.15) is 24.2 Å². The molecule has 0 bridgehead atoms. The van der Waals surface area contributed by atoms with E-state index in [0.717, 1.165) is 0 Å². The highest BCUT2D eigenvalue weighted by molar-refractivity contribution is 7.89. The van der Waals surface area contributed by atoms with E-state index in [9.17, 15) is 12.8 Å². The van der Waals surface area contributed by atoms with Gasteiger partial charge in [0, 0.05) is 13.1 Å². The van der Waals surface area contributed by atoms with Crippen LogP contribution in [0.4, 0.5) is 10.2 Å². The minimum absolute atomic E-state index is 0.0287. The predicted molar refractivity (Wildman–Crippen MR) is 77.5 cm³/mol. The number of hydrogen-bond donors (Lipinski definition) is 2. The van der Waals surface area contributed by atoms with Crippen LogP contribution in [0.2, 0.25) is 0 Å². The molecule has 0 saturated carbocycles. The molecule has 1 aromatic heterocycles. The number of nitrogen functional groups attached to an aromatic ring is 1. The first kappa shape index (κ1) is 15.5. The van der Waals surface area contributed by atoms with Crippen molar-refractivity contribution in [2.24, 2.45) is 7.05 Å². The Morgan fingerprint density at radius 2 is 1.90 bits per heavy atom. The third kappa shape index (κ3) is 3.06. The van der Waals surface area contributed by atoms with Crippen LogP contribution in [-0.4, -0.2) is 18.2 Å². The molecule has 2 aromatic rings. The highest BCUT2D eigenvalue weighted by Gasteiger charge is 2.26. The van der Waals surface area contributed by atoms with Crippen LogP contribution in [-0.2, 0) is 17.1 Å². The summed E-state index contributed by atoms with van der Waals surface area (Å²) < 4.78 is 41.7. The van der Waals surface area contributed by atoms with Crippen LogP contribution < -0.4 is 10.5 Å². The van der Waals surface area contributed by atoms with E-state index in [1.165, 1.54) is 28.9 Å². The topological polar surface area (TPSA) is 90.0 Å². The van der Waals surface area contributed by atoms with Gasteiger partial charge in [-0.3, -0.25) is 4.68 Å². The van der Waals surface area contributed by atoms with Crippen molar-refractivity contribution in [3.63, 3.8) is 0 Å². The van der Waals surface area contributed by atoms with E-state index in [0.29, 0.717) is 11.3 Å².